The summed E-state index contributed by atoms with van der Waals surface area (Å²) in [4.78, 5) is 0. The molecule has 4 aliphatic rings. The molecule has 14 N–H and O–H groups in total. The maximum absolute atomic E-state index is 10.9. The van der Waals surface area contributed by atoms with E-state index in [4.69, 9.17) is 33.2 Å². The fraction of sp³-hybridized carbons (Fsp3) is 1.00. The van der Waals surface area contributed by atoms with Crippen molar-refractivity contribution in [2.24, 2.45) is 0 Å². The van der Waals surface area contributed by atoms with Crippen molar-refractivity contribution < 1.29 is 105 Å². The third-order valence-electron chi connectivity index (χ3n) is 8.20. The van der Waals surface area contributed by atoms with Crippen LogP contribution in [0.4, 0.5) is 0 Å². The minimum Gasteiger partial charge on any atom is -0.394 e. The zero-order chi connectivity index (χ0) is 33.3. The molecule has 21 nitrogen and oxygen atoms in total. The SMILES string of the molecule is OCC1O[C@H](O[C@@H]2C(CO)O[C@H](O[C@@H]3C(CO)O[C@H](O[C@@H]4C(CO)OC(O)C(O)[C@H]4O)C(O)[C@H]3O)C(O)[C@H]2O)C(O)[C@@H](O)[C@@H]1O. The van der Waals surface area contributed by atoms with E-state index in [-0.39, 0.29) is 0 Å². The molecule has 0 radical (unpaired) electrons. The normalized spacial score (nSPS) is 52.9. The highest BCUT2D eigenvalue weighted by Crippen LogP contribution is 2.34. The lowest BCUT2D eigenvalue weighted by Crippen LogP contribution is -2.67. The molecule has 9 unspecified atom stereocenters. The van der Waals surface area contributed by atoms with Crippen molar-refractivity contribution in [3.63, 3.8) is 0 Å². The Morgan fingerprint density at radius 3 is 1.02 bits per heavy atom. The maximum atomic E-state index is 10.9. The molecule has 0 aromatic rings. The number of aliphatic hydroxyl groups excluding tert-OH is 14. The lowest BCUT2D eigenvalue weighted by atomic mass is 9.95. The van der Waals surface area contributed by atoms with Crippen molar-refractivity contribution in [1.29, 1.82) is 0 Å². The molecule has 4 fully saturated rings. The molecule has 0 bridgehead atoms. The molecule has 0 aromatic carbocycles. The molecule has 4 aliphatic heterocycles. The number of aliphatic hydroxyl groups is 14. The summed E-state index contributed by atoms with van der Waals surface area (Å²) in [6, 6.07) is 0. The Kier molecular flexibility index (Phi) is 12.8. The fourth-order valence-corrected chi connectivity index (χ4v) is 5.55. The molecule has 21 heteroatoms. The smallest absolute Gasteiger partial charge is 0.187 e. The summed E-state index contributed by atoms with van der Waals surface area (Å²) in [5.74, 6) is 0. The lowest BCUT2D eigenvalue weighted by Gasteiger charge is -2.49. The van der Waals surface area contributed by atoms with Crippen LogP contribution < -0.4 is 0 Å². The van der Waals surface area contributed by atoms with E-state index in [9.17, 15) is 71.5 Å². The van der Waals surface area contributed by atoms with E-state index in [1.165, 1.54) is 0 Å². The molecule has 0 aliphatic carbocycles. The van der Waals surface area contributed by atoms with Gasteiger partial charge in [0.1, 0.15) is 97.7 Å². The zero-order valence-electron chi connectivity index (χ0n) is 23.5. The summed E-state index contributed by atoms with van der Waals surface area (Å²) in [6.07, 6.45) is -35.3. The number of ether oxygens (including phenoxy) is 7. The predicted octanol–water partition coefficient (Wildman–Crippen LogP) is -9.75. The van der Waals surface area contributed by atoms with Crippen LogP contribution in [0.3, 0.4) is 0 Å². The summed E-state index contributed by atoms with van der Waals surface area (Å²) in [5, 5.41) is 142. The molecule has 0 spiro atoms. The van der Waals surface area contributed by atoms with Crippen LogP contribution in [-0.4, -0.2) is 221 Å². The molecule has 4 rings (SSSR count). The summed E-state index contributed by atoms with van der Waals surface area (Å²) >= 11 is 0. The van der Waals surface area contributed by atoms with Crippen LogP contribution in [-0.2, 0) is 33.2 Å². The molecular formula is C24H42O21. The average molecular weight is 667 g/mol. The van der Waals surface area contributed by atoms with Gasteiger partial charge in [-0.05, 0) is 0 Å². The van der Waals surface area contributed by atoms with Gasteiger partial charge in [-0.2, -0.15) is 0 Å². The topological polar surface area (TPSA) is 348 Å². The van der Waals surface area contributed by atoms with Crippen LogP contribution in [0.2, 0.25) is 0 Å². The van der Waals surface area contributed by atoms with Gasteiger partial charge in [0, 0.05) is 0 Å². The molecule has 0 saturated carbocycles. The Morgan fingerprint density at radius 2 is 0.644 bits per heavy atom. The monoisotopic (exact) mass is 666 g/mol. The van der Waals surface area contributed by atoms with E-state index in [0.29, 0.717) is 0 Å². The second-order valence-corrected chi connectivity index (χ2v) is 11.1. The van der Waals surface area contributed by atoms with E-state index in [2.05, 4.69) is 0 Å². The molecule has 0 amide bonds. The van der Waals surface area contributed by atoms with Gasteiger partial charge in [-0.1, -0.05) is 0 Å². The van der Waals surface area contributed by atoms with E-state index < -0.39 is 149 Å². The van der Waals surface area contributed by atoms with Crippen molar-refractivity contribution in [2.75, 3.05) is 26.4 Å². The second-order valence-electron chi connectivity index (χ2n) is 11.1. The molecule has 4 heterocycles. The first-order chi connectivity index (χ1) is 21.3. The highest BCUT2D eigenvalue weighted by atomic mass is 16.8. The van der Waals surface area contributed by atoms with Crippen molar-refractivity contribution in [1.82, 2.24) is 0 Å². The molecule has 264 valence electrons. The summed E-state index contributed by atoms with van der Waals surface area (Å²) in [6.45, 7) is -3.39. The lowest BCUT2D eigenvalue weighted by molar-refractivity contribution is -0.387. The first kappa shape index (κ1) is 37.0. The average Bonchev–Trinajstić information content (AvgIpc) is 3.03. The molecule has 4 saturated heterocycles. The van der Waals surface area contributed by atoms with Crippen LogP contribution in [0.15, 0.2) is 0 Å². The molecule has 20 atom stereocenters. The van der Waals surface area contributed by atoms with Gasteiger partial charge in [-0.15, -0.1) is 0 Å². The van der Waals surface area contributed by atoms with Crippen molar-refractivity contribution in [3.05, 3.63) is 0 Å². The largest absolute Gasteiger partial charge is 0.394 e. The van der Waals surface area contributed by atoms with Gasteiger partial charge in [-0.3, -0.25) is 0 Å². The molecule has 0 aromatic heterocycles. The quantitative estimate of drug-likeness (QED) is 0.103. The minimum absolute atomic E-state index is 0.784. The van der Waals surface area contributed by atoms with E-state index in [0.717, 1.165) is 0 Å². The Labute approximate surface area is 254 Å². The van der Waals surface area contributed by atoms with Gasteiger partial charge in [0.2, 0.25) is 0 Å². The Hall–Kier alpha value is -0.840. The van der Waals surface area contributed by atoms with Crippen LogP contribution in [0, 0.1) is 0 Å². The van der Waals surface area contributed by atoms with Gasteiger partial charge < -0.3 is 105 Å². The van der Waals surface area contributed by atoms with Crippen LogP contribution >= 0.6 is 0 Å². The fourth-order valence-electron chi connectivity index (χ4n) is 5.55. The van der Waals surface area contributed by atoms with E-state index >= 15 is 0 Å². The molecular weight excluding hydrogens is 624 g/mol. The third-order valence-corrected chi connectivity index (χ3v) is 8.20. The van der Waals surface area contributed by atoms with Gasteiger partial charge in [0.05, 0.1) is 26.4 Å². The van der Waals surface area contributed by atoms with E-state index in [1.54, 1.807) is 0 Å². The first-order valence-corrected chi connectivity index (χ1v) is 14.1. The zero-order valence-corrected chi connectivity index (χ0v) is 23.5. The standard InChI is InChI=1S/C24H42O21/c25-1-5-9(29)10(30)15(35)22(40-5)44-19-7(3-27)42-24(17(37)12(19)32)45-20-8(4-28)41-23(16(36)13(20)33)43-18-6(2-26)39-21(38)14(34)11(18)31/h5-38H,1-4H2/t5?,6?,7?,8?,9-,10+,11-,12-,13-,14?,15?,16?,17?,18-,19-,20-,21?,22-,23-,24-/m1/s1. The highest BCUT2D eigenvalue weighted by Gasteiger charge is 2.55. The second kappa shape index (κ2) is 15.6. The Morgan fingerprint density at radius 1 is 0.333 bits per heavy atom. The summed E-state index contributed by atoms with van der Waals surface area (Å²) in [7, 11) is 0. The molecule has 45 heavy (non-hydrogen) atoms. The van der Waals surface area contributed by atoms with Crippen molar-refractivity contribution in [3.8, 4) is 0 Å². The van der Waals surface area contributed by atoms with Crippen LogP contribution in [0.5, 0.6) is 0 Å². The van der Waals surface area contributed by atoms with Gasteiger partial charge in [0.25, 0.3) is 0 Å². The summed E-state index contributed by atoms with van der Waals surface area (Å²) < 4.78 is 37.7. The first-order valence-electron chi connectivity index (χ1n) is 14.1. The maximum Gasteiger partial charge on any atom is 0.187 e. The Balaban J connectivity index is 1.43. The Bertz CT molecular complexity index is 910. The predicted molar refractivity (Wildman–Crippen MR) is 134 cm³/mol. The van der Waals surface area contributed by atoms with Crippen molar-refractivity contribution >= 4 is 0 Å². The minimum atomic E-state index is -2.02. The number of hydrogen-bond acceptors (Lipinski definition) is 21. The van der Waals surface area contributed by atoms with Crippen molar-refractivity contribution in [2.45, 2.75) is 123 Å². The van der Waals surface area contributed by atoms with E-state index in [1.807, 2.05) is 0 Å². The number of hydrogen-bond donors (Lipinski definition) is 14. The summed E-state index contributed by atoms with van der Waals surface area (Å²) in [5.41, 5.74) is 0. The van der Waals surface area contributed by atoms with Crippen LogP contribution in [0.1, 0.15) is 0 Å². The van der Waals surface area contributed by atoms with Crippen LogP contribution in [0.25, 0.3) is 0 Å². The van der Waals surface area contributed by atoms with Gasteiger partial charge in [-0.25, -0.2) is 0 Å². The van der Waals surface area contributed by atoms with Gasteiger partial charge >= 0.3 is 0 Å². The number of rotatable bonds is 10. The highest BCUT2D eigenvalue weighted by molar-refractivity contribution is 4.97. The third kappa shape index (κ3) is 7.44. The van der Waals surface area contributed by atoms with Gasteiger partial charge in [0.15, 0.2) is 25.2 Å².